The molecule has 1 aliphatic carbocycles. The second-order valence-electron chi connectivity index (χ2n) is 5.72. The lowest BCUT2D eigenvalue weighted by Gasteiger charge is -2.34. The molecular formula is C14H18FN3O3. The summed E-state index contributed by atoms with van der Waals surface area (Å²) in [5, 5.41) is 13.8. The maximum Gasteiger partial charge on any atom is 0.285 e. The number of rotatable bonds is 3. The second kappa shape index (κ2) is 5.67. The molecule has 1 amide bonds. The molecule has 1 aromatic carbocycles. The molecular weight excluding hydrogens is 277 g/mol. The number of nitro groups is 1. The van der Waals surface area contributed by atoms with E-state index in [0.29, 0.717) is 6.07 Å². The van der Waals surface area contributed by atoms with Crippen molar-refractivity contribution in [1.82, 2.24) is 5.32 Å². The van der Waals surface area contributed by atoms with E-state index < -0.39 is 22.3 Å². The third kappa shape index (κ3) is 3.29. The lowest BCUT2D eigenvalue weighted by atomic mass is 9.83. The van der Waals surface area contributed by atoms with Gasteiger partial charge < -0.3 is 11.1 Å². The van der Waals surface area contributed by atoms with E-state index >= 15 is 0 Å². The molecule has 0 atom stereocenters. The van der Waals surface area contributed by atoms with Crippen LogP contribution in [0.2, 0.25) is 0 Å². The van der Waals surface area contributed by atoms with Crippen molar-refractivity contribution < 1.29 is 14.1 Å². The number of anilines is 1. The van der Waals surface area contributed by atoms with E-state index in [-0.39, 0.29) is 16.8 Å². The average molecular weight is 295 g/mol. The molecule has 1 fully saturated rings. The highest BCUT2D eigenvalue weighted by molar-refractivity contribution is 5.99. The van der Waals surface area contributed by atoms with Crippen LogP contribution in [-0.2, 0) is 0 Å². The Hall–Kier alpha value is -2.18. The summed E-state index contributed by atoms with van der Waals surface area (Å²) in [5.41, 5.74) is 3.98. The zero-order chi connectivity index (χ0) is 15.6. The summed E-state index contributed by atoms with van der Waals surface area (Å²) < 4.78 is 13.4. The van der Waals surface area contributed by atoms with Gasteiger partial charge in [-0.25, -0.2) is 4.39 Å². The average Bonchev–Trinajstić information content (AvgIpc) is 2.41. The lowest BCUT2D eigenvalue weighted by Crippen LogP contribution is -2.47. The molecule has 2 rings (SSSR count). The van der Waals surface area contributed by atoms with Gasteiger partial charge in [-0.1, -0.05) is 19.3 Å². The first-order valence-electron chi connectivity index (χ1n) is 6.88. The van der Waals surface area contributed by atoms with Crippen molar-refractivity contribution in [3.05, 3.63) is 33.6 Å². The standard InChI is InChI=1S/C14H18FN3O3/c1-14(5-3-2-4-6-14)17-13(19)9-7-11(16)10(15)8-12(9)18(20)21/h7-8H,2-6,16H2,1H3,(H,17,19). The Bertz CT molecular complexity index is 583. The van der Waals surface area contributed by atoms with Gasteiger partial charge in [-0.05, 0) is 25.8 Å². The van der Waals surface area contributed by atoms with Crippen molar-refractivity contribution in [2.45, 2.75) is 44.6 Å². The predicted octanol–water partition coefficient (Wildman–Crippen LogP) is 2.77. The van der Waals surface area contributed by atoms with Gasteiger partial charge in [-0.15, -0.1) is 0 Å². The molecule has 1 aliphatic rings. The molecule has 0 radical (unpaired) electrons. The quantitative estimate of drug-likeness (QED) is 0.509. The van der Waals surface area contributed by atoms with Crippen molar-refractivity contribution >= 4 is 17.3 Å². The first-order valence-corrected chi connectivity index (χ1v) is 6.88. The summed E-state index contributed by atoms with van der Waals surface area (Å²) in [6, 6.07) is 1.71. The molecule has 0 saturated heterocycles. The first-order chi connectivity index (χ1) is 9.82. The van der Waals surface area contributed by atoms with Crippen LogP contribution in [0.1, 0.15) is 49.4 Å². The number of benzene rings is 1. The van der Waals surface area contributed by atoms with Crippen LogP contribution in [0.4, 0.5) is 15.8 Å². The van der Waals surface area contributed by atoms with E-state index in [2.05, 4.69) is 5.32 Å². The van der Waals surface area contributed by atoms with E-state index in [9.17, 15) is 19.3 Å². The number of hydrogen-bond donors (Lipinski definition) is 2. The third-order valence-electron chi connectivity index (χ3n) is 3.93. The molecule has 21 heavy (non-hydrogen) atoms. The van der Waals surface area contributed by atoms with E-state index in [4.69, 9.17) is 5.73 Å². The molecule has 0 heterocycles. The minimum absolute atomic E-state index is 0.203. The number of halogens is 1. The van der Waals surface area contributed by atoms with Crippen LogP contribution in [-0.4, -0.2) is 16.4 Å². The van der Waals surface area contributed by atoms with E-state index in [0.717, 1.165) is 38.2 Å². The Morgan fingerprint density at radius 1 is 1.38 bits per heavy atom. The molecule has 0 aromatic heterocycles. The van der Waals surface area contributed by atoms with Gasteiger partial charge in [0.1, 0.15) is 5.56 Å². The molecule has 1 aromatic rings. The van der Waals surface area contributed by atoms with Crippen LogP contribution in [0.3, 0.4) is 0 Å². The molecule has 0 aliphatic heterocycles. The van der Waals surface area contributed by atoms with Crippen LogP contribution in [0.15, 0.2) is 12.1 Å². The summed E-state index contributed by atoms with van der Waals surface area (Å²) >= 11 is 0. The van der Waals surface area contributed by atoms with Gasteiger partial charge in [0, 0.05) is 5.54 Å². The molecule has 7 heteroatoms. The summed E-state index contributed by atoms with van der Waals surface area (Å²) in [6.07, 6.45) is 4.77. The van der Waals surface area contributed by atoms with Gasteiger partial charge in [0.05, 0.1) is 16.7 Å². The van der Waals surface area contributed by atoms with Crippen LogP contribution in [0, 0.1) is 15.9 Å². The number of nitrogens with one attached hydrogen (secondary N) is 1. The highest BCUT2D eigenvalue weighted by Gasteiger charge is 2.31. The maximum absolute atomic E-state index is 13.4. The second-order valence-corrected chi connectivity index (χ2v) is 5.72. The number of nitrogens with two attached hydrogens (primary N) is 1. The Morgan fingerprint density at radius 3 is 2.57 bits per heavy atom. The first kappa shape index (κ1) is 15.2. The van der Waals surface area contributed by atoms with Gasteiger partial charge in [0.15, 0.2) is 5.82 Å². The predicted molar refractivity (Wildman–Crippen MR) is 76.4 cm³/mol. The van der Waals surface area contributed by atoms with Gasteiger partial charge in [0.2, 0.25) is 0 Å². The van der Waals surface area contributed by atoms with E-state index in [1.165, 1.54) is 0 Å². The van der Waals surface area contributed by atoms with Gasteiger partial charge in [-0.3, -0.25) is 14.9 Å². The Kier molecular flexibility index (Phi) is 4.11. The van der Waals surface area contributed by atoms with Crippen molar-refractivity contribution in [3.8, 4) is 0 Å². The van der Waals surface area contributed by atoms with Crippen LogP contribution in [0.5, 0.6) is 0 Å². The number of hydrogen-bond acceptors (Lipinski definition) is 4. The van der Waals surface area contributed by atoms with Gasteiger partial charge in [0.25, 0.3) is 11.6 Å². The monoisotopic (exact) mass is 295 g/mol. The fourth-order valence-corrected chi connectivity index (χ4v) is 2.71. The molecule has 0 bridgehead atoms. The fraction of sp³-hybridized carbons (Fsp3) is 0.500. The van der Waals surface area contributed by atoms with Crippen molar-refractivity contribution in [1.29, 1.82) is 0 Å². The Morgan fingerprint density at radius 2 is 2.00 bits per heavy atom. The third-order valence-corrected chi connectivity index (χ3v) is 3.93. The molecule has 0 spiro atoms. The number of amides is 1. The summed E-state index contributed by atoms with van der Waals surface area (Å²) in [4.78, 5) is 22.5. The highest BCUT2D eigenvalue weighted by atomic mass is 19.1. The largest absolute Gasteiger partial charge is 0.396 e. The number of carbonyl (C=O) groups excluding carboxylic acids is 1. The topological polar surface area (TPSA) is 98.3 Å². The zero-order valence-electron chi connectivity index (χ0n) is 11.8. The Labute approximate surface area is 121 Å². The van der Waals surface area contributed by atoms with Crippen LogP contribution >= 0.6 is 0 Å². The van der Waals surface area contributed by atoms with Crippen molar-refractivity contribution in [2.75, 3.05) is 5.73 Å². The normalized spacial score (nSPS) is 17.2. The minimum atomic E-state index is -0.901. The highest BCUT2D eigenvalue weighted by Crippen LogP contribution is 2.29. The number of nitrogen functional groups attached to an aromatic ring is 1. The van der Waals surface area contributed by atoms with E-state index in [1.807, 2.05) is 6.92 Å². The maximum atomic E-state index is 13.4. The molecule has 1 saturated carbocycles. The molecule has 3 N–H and O–H groups in total. The zero-order valence-corrected chi connectivity index (χ0v) is 11.8. The Balaban J connectivity index is 2.30. The van der Waals surface area contributed by atoms with Crippen molar-refractivity contribution in [2.24, 2.45) is 0 Å². The SMILES string of the molecule is CC1(NC(=O)c2cc(N)c(F)cc2[N+](=O)[O-])CCCCC1. The summed E-state index contributed by atoms with van der Waals surface area (Å²) in [7, 11) is 0. The van der Waals surface area contributed by atoms with Crippen LogP contribution in [0.25, 0.3) is 0 Å². The molecule has 114 valence electrons. The van der Waals surface area contributed by atoms with E-state index in [1.54, 1.807) is 0 Å². The number of carbonyl (C=O) groups is 1. The molecule has 0 unspecified atom stereocenters. The van der Waals surface area contributed by atoms with Gasteiger partial charge >= 0.3 is 0 Å². The molecule has 6 nitrogen and oxygen atoms in total. The summed E-state index contributed by atoms with van der Waals surface area (Å²) in [5.74, 6) is -1.49. The number of nitro benzene ring substituents is 1. The van der Waals surface area contributed by atoms with Gasteiger partial charge in [-0.2, -0.15) is 0 Å². The number of nitrogens with zero attached hydrogens (tertiary/aromatic N) is 1. The lowest BCUT2D eigenvalue weighted by molar-refractivity contribution is -0.385. The smallest absolute Gasteiger partial charge is 0.285 e. The van der Waals surface area contributed by atoms with Crippen LogP contribution < -0.4 is 11.1 Å². The summed E-state index contributed by atoms with van der Waals surface area (Å²) in [6.45, 7) is 1.92. The fourth-order valence-electron chi connectivity index (χ4n) is 2.71. The van der Waals surface area contributed by atoms with Crippen molar-refractivity contribution in [3.63, 3.8) is 0 Å². The minimum Gasteiger partial charge on any atom is -0.396 e.